The van der Waals surface area contributed by atoms with Crippen LogP contribution < -0.4 is 5.32 Å². The van der Waals surface area contributed by atoms with Gasteiger partial charge in [0.05, 0.1) is 0 Å². The first-order chi connectivity index (χ1) is 10.3. The van der Waals surface area contributed by atoms with Crippen LogP contribution in [0.25, 0.3) is 0 Å². The lowest BCUT2D eigenvalue weighted by atomic mass is 9.70. The molecule has 1 heterocycles. The number of hydrogen-bond acceptors (Lipinski definition) is 2. The first kappa shape index (κ1) is 15.0. The molecular formula is C19H30N2. The summed E-state index contributed by atoms with van der Waals surface area (Å²) in [6.07, 6.45) is 16.9. The van der Waals surface area contributed by atoms with E-state index in [4.69, 9.17) is 0 Å². The Morgan fingerprint density at radius 1 is 1.05 bits per heavy atom. The van der Waals surface area contributed by atoms with Crippen molar-refractivity contribution in [3.63, 3.8) is 0 Å². The highest BCUT2D eigenvalue weighted by atomic mass is 15.0. The van der Waals surface area contributed by atoms with Crippen molar-refractivity contribution >= 4 is 0 Å². The van der Waals surface area contributed by atoms with E-state index < -0.39 is 0 Å². The Morgan fingerprint density at radius 2 is 1.81 bits per heavy atom. The van der Waals surface area contributed by atoms with Crippen LogP contribution in [0.4, 0.5) is 0 Å². The average molecular weight is 286 g/mol. The Bertz CT molecular complexity index is 411. The third kappa shape index (κ3) is 3.85. The van der Waals surface area contributed by atoms with Crippen LogP contribution in [0, 0.1) is 11.8 Å². The zero-order valence-electron chi connectivity index (χ0n) is 13.4. The van der Waals surface area contributed by atoms with Gasteiger partial charge >= 0.3 is 0 Å². The third-order valence-corrected chi connectivity index (χ3v) is 5.72. The maximum absolute atomic E-state index is 4.27. The van der Waals surface area contributed by atoms with E-state index in [1.807, 2.05) is 18.5 Å². The van der Waals surface area contributed by atoms with Crippen molar-refractivity contribution in [3.8, 4) is 0 Å². The molecule has 0 amide bonds. The number of pyridine rings is 1. The number of rotatable bonds is 4. The molecule has 2 aliphatic rings. The van der Waals surface area contributed by atoms with Gasteiger partial charge in [-0.25, -0.2) is 0 Å². The lowest BCUT2D eigenvalue weighted by Crippen LogP contribution is -2.43. The molecule has 2 nitrogen and oxygen atoms in total. The van der Waals surface area contributed by atoms with Crippen molar-refractivity contribution in [1.82, 2.24) is 10.3 Å². The molecule has 1 aromatic heterocycles. The van der Waals surface area contributed by atoms with Crippen LogP contribution >= 0.6 is 0 Å². The summed E-state index contributed by atoms with van der Waals surface area (Å²) in [5.74, 6) is 1.90. The van der Waals surface area contributed by atoms with Gasteiger partial charge in [0.25, 0.3) is 0 Å². The summed E-state index contributed by atoms with van der Waals surface area (Å²) in [5, 5.41) is 3.94. The highest BCUT2D eigenvalue weighted by Crippen LogP contribution is 2.39. The normalized spacial score (nSPS) is 29.2. The quantitative estimate of drug-likeness (QED) is 0.854. The van der Waals surface area contributed by atoms with E-state index in [1.54, 1.807) is 0 Å². The maximum Gasteiger partial charge on any atom is 0.0315 e. The van der Waals surface area contributed by atoms with Crippen molar-refractivity contribution in [2.45, 2.75) is 76.8 Å². The number of hydrogen-bond donors (Lipinski definition) is 1. The van der Waals surface area contributed by atoms with E-state index in [9.17, 15) is 0 Å². The molecule has 2 fully saturated rings. The minimum atomic E-state index is 0.424. The molecule has 116 valence electrons. The molecule has 2 heteroatoms. The molecule has 0 aromatic carbocycles. The smallest absolute Gasteiger partial charge is 0.0315 e. The average Bonchev–Trinajstić information content (AvgIpc) is 2.57. The van der Waals surface area contributed by atoms with E-state index in [-0.39, 0.29) is 0 Å². The SMILES string of the molecule is C[C@@H](NC1CCCCC1C1CCCCC1)c1cccnc1. The zero-order valence-corrected chi connectivity index (χ0v) is 13.4. The van der Waals surface area contributed by atoms with Crippen molar-refractivity contribution in [1.29, 1.82) is 0 Å². The van der Waals surface area contributed by atoms with Gasteiger partial charge in [-0.15, -0.1) is 0 Å². The summed E-state index contributed by atoms with van der Waals surface area (Å²) < 4.78 is 0. The second-order valence-electron chi connectivity index (χ2n) is 7.13. The third-order valence-electron chi connectivity index (χ3n) is 5.72. The van der Waals surface area contributed by atoms with E-state index in [1.165, 1.54) is 63.4 Å². The van der Waals surface area contributed by atoms with E-state index in [2.05, 4.69) is 23.3 Å². The fourth-order valence-electron chi connectivity index (χ4n) is 4.54. The summed E-state index contributed by atoms with van der Waals surface area (Å²) in [7, 11) is 0. The highest BCUT2D eigenvalue weighted by Gasteiger charge is 2.33. The molecule has 0 aliphatic heterocycles. The fourth-order valence-corrected chi connectivity index (χ4v) is 4.54. The second-order valence-corrected chi connectivity index (χ2v) is 7.13. The van der Waals surface area contributed by atoms with Crippen LogP contribution in [0.1, 0.15) is 76.3 Å². The van der Waals surface area contributed by atoms with Gasteiger partial charge in [0.1, 0.15) is 0 Å². The summed E-state index contributed by atoms with van der Waals surface area (Å²) in [6.45, 7) is 2.30. The van der Waals surface area contributed by atoms with E-state index in [0.717, 1.165) is 17.9 Å². The van der Waals surface area contributed by atoms with Crippen molar-refractivity contribution in [2.24, 2.45) is 11.8 Å². The van der Waals surface area contributed by atoms with Gasteiger partial charge in [0, 0.05) is 24.5 Å². The van der Waals surface area contributed by atoms with Gasteiger partial charge in [-0.1, -0.05) is 51.0 Å². The Balaban J connectivity index is 1.63. The van der Waals surface area contributed by atoms with Gasteiger partial charge in [0.15, 0.2) is 0 Å². The minimum Gasteiger partial charge on any atom is -0.307 e. The van der Waals surface area contributed by atoms with Gasteiger partial charge in [-0.3, -0.25) is 4.98 Å². The molecule has 2 saturated carbocycles. The Kier molecular flexibility index (Phi) is 5.29. The number of nitrogens with one attached hydrogen (secondary N) is 1. The molecule has 3 rings (SSSR count). The topological polar surface area (TPSA) is 24.9 Å². The lowest BCUT2D eigenvalue weighted by molar-refractivity contribution is 0.143. The van der Waals surface area contributed by atoms with Crippen molar-refractivity contribution < 1.29 is 0 Å². The van der Waals surface area contributed by atoms with Crippen LogP contribution in [0.5, 0.6) is 0 Å². The predicted molar refractivity (Wildman–Crippen MR) is 88.1 cm³/mol. The van der Waals surface area contributed by atoms with Crippen molar-refractivity contribution in [3.05, 3.63) is 30.1 Å². The van der Waals surface area contributed by atoms with Gasteiger partial charge in [-0.2, -0.15) is 0 Å². The summed E-state index contributed by atoms with van der Waals surface area (Å²) in [4.78, 5) is 4.27. The maximum atomic E-state index is 4.27. The minimum absolute atomic E-state index is 0.424. The van der Waals surface area contributed by atoms with Crippen LogP contribution in [0.2, 0.25) is 0 Å². The summed E-state index contributed by atoms with van der Waals surface area (Å²) in [5.41, 5.74) is 1.32. The molecule has 2 unspecified atom stereocenters. The summed E-state index contributed by atoms with van der Waals surface area (Å²) in [6, 6.07) is 5.39. The molecule has 0 bridgehead atoms. The Hall–Kier alpha value is -0.890. The van der Waals surface area contributed by atoms with Crippen LogP contribution in [-0.4, -0.2) is 11.0 Å². The number of nitrogens with zero attached hydrogens (tertiary/aromatic N) is 1. The molecule has 1 aromatic rings. The van der Waals surface area contributed by atoms with Crippen LogP contribution in [0.3, 0.4) is 0 Å². The zero-order chi connectivity index (χ0) is 14.5. The fraction of sp³-hybridized carbons (Fsp3) is 0.737. The first-order valence-corrected chi connectivity index (χ1v) is 9.00. The molecular weight excluding hydrogens is 256 g/mol. The van der Waals surface area contributed by atoms with Gasteiger partial charge < -0.3 is 5.32 Å². The molecule has 0 saturated heterocycles. The second kappa shape index (κ2) is 7.40. The monoisotopic (exact) mass is 286 g/mol. The van der Waals surface area contributed by atoms with Gasteiger partial charge in [-0.05, 0) is 43.2 Å². The van der Waals surface area contributed by atoms with Gasteiger partial charge in [0.2, 0.25) is 0 Å². The molecule has 3 atom stereocenters. The molecule has 0 radical (unpaired) electrons. The number of aromatic nitrogens is 1. The van der Waals surface area contributed by atoms with Crippen molar-refractivity contribution in [2.75, 3.05) is 0 Å². The van der Waals surface area contributed by atoms with Crippen LogP contribution in [-0.2, 0) is 0 Å². The standard InChI is InChI=1S/C19H30N2/c1-15(17-10-7-13-20-14-17)21-19-12-6-5-11-18(19)16-8-3-2-4-9-16/h7,10,13-16,18-19,21H,2-6,8-9,11-12H2,1H3/t15-,18?,19?/m1/s1. The van der Waals surface area contributed by atoms with E-state index in [0.29, 0.717) is 6.04 Å². The van der Waals surface area contributed by atoms with Crippen LogP contribution in [0.15, 0.2) is 24.5 Å². The predicted octanol–water partition coefficient (Wildman–Crippen LogP) is 4.87. The Labute approximate surface area is 129 Å². The Morgan fingerprint density at radius 3 is 2.57 bits per heavy atom. The molecule has 0 spiro atoms. The summed E-state index contributed by atoms with van der Waals surface area (Å²) >= 11 is 0. The van der Waals surface area contributed by atoms with E-state index >= 15 is 0 Å². The highest BCUT2D eigenvalue weighted by molar-refractivity contribution is 5.13. The molecule has 2 aliphatic carbocycles. The largest absolute Gasteiger partial charge is 0.307 e. The molecule has 1 N–H and O–H groups in total. The lowest BCUT2D eigenvalue weighted by Gasteiger charge is -2.40. The first-order valence-electron chi connectivity index (χ1n) is 9.00. The molecule has 21 heavy (non-hydrogen) atoms.